The van der Waals surface area contributed by atoms with E-state index in [1.54, 1.807) is 0 Å². The first-order valence-electron chi connectivity index (χ1n) is 3.68. The Kier molecular flexibility index (Phi) is 3.83. The molecule has 0 saturated carbocycles. The van der Waals surface area contributed by atoms with E-state index in [9.17, 15) is 26.3 Å². The van der Waals surface area contributed by atoms with E-state index in [1.165, 1.54) is 13.1 Å². The van der Waals surface area contributed by atoms with E-state index in [1.807, 2.05) is 0 Å². The summed E-state index contributed by atoms with van der Waals surface area (Å²) in [5.74, 6) is -3.13. The van der Waals surface area contributed by atoms with E-state index in [2.05, 4.69) is 0 Å². The lowest BCUT2D eigenvalue weighted by Gasteiger charge is -2.23. The molecule has 0 aliphatic carbocycles. The summed E-state index contributed by atoms with van der Waals surface area (Å²) in [5.41, 5.74) is 0. The van der Waals surface area contributed by atoms with Gasteiger partial charge in [0.05, 0.1) is 0 Å². The van der Waals surface area contributed by atoms with Crippen molar-refractivity contribution in [1.29, 1.82) is 0 Å². The van der Waals surface area contributed by atoms with Crippen LogP contribution in [-0.2, 0) is 0 Å². The van der Waals surface area contributed by atoms with Crippen LogP contribution in [0, 0.1) is 5.92 Å². The minimum atomic E-state index is -5.16. The maximum atomic E-state index is 11.9. The van der Waals surface area contributed by atoms with E-state index < -0.39 is 33.1 Å². The molecule has 0 fully saturated rings. The zero-order valence-electron chi connectivity index (χ0n) is 7.13. The molecule has 80 valence electrons. The normalized spacial score (nSPS) is 14.3. The molecule has 0 aromatic rings. The summed E-state index contributed by atoms with van der Waals surface area (Å²) < 4.78 is 71.3. The van der Waals surface area contributed by atoms with Crippen molar-refractivity contribution >= 4 is 8.80 Å². The number of rotatable bonds is 2. The smallest absolute Gasteiger partial charge is 0.170 e. The first kappa shape index (κ1) is 12.8. The minimum absolute atomic E-state index is 0.771. The van der Waals surface area contributed by atoms with Crippen LogP contribution < -0.4 is 0 Å². The zero-order chi connectivity index (χ0) is 10.9. The molecule has 0 aliphatic heterocycles. The Bertz CT molecular complexity index is 143. The van der Waals surface area contributed by atoms with Crippen molar-refractivity contribution in [3.05, 3.63) is 0 Å². The third kappa shape index (κ3) is 4.54. The molecule has 0 saturated heterocycles. The largest absolute Gasteiger partial charge is 0.400 e. The highest BCUT2D eigenvalue weighted by Crippen LogP contribution is 2.42. The van der Waals surface area contributed by atoms with Gasteiger partial charge in [-0.1, -0.05) is 13.1 Å². The fourth-order valence-corrected chi connectivity index (χ4v) is 2.40. The van der Waals surface area contributed by atoms with Crippen molar-refractivity contribution < 1.29 is 26.3 Å². The van der Waals surface area contributed by atoms with Crippen LogP contribution in [-0.4, -0.2) is 21.1 Å². The Balaban J connectivity index is 4.58. The summed E-state index contributed by atoms with van der Waals surface area (Å²) >= 11 is 0. The van der Waals surface area contributed by atoms with Gasteiger partial charge < -0.3 is 0 Å². The van der Waals surface area contributed by atoms with Crippen LogP contribution in [0.5, 0.6) is 0 Å². The van der Waals surface area contributed by atoms with Gasteiger partial charge in [0.25, 0.3) is 0 Å². The lowest BCUT2D eigenvalue weighted by atomic mass is 10.1. The summed E-state index contributed by atoms with van der Waals surface area (Å²) in [5, 5.41) is 0. The van der Waals surface area contributed by atoms with Crippen molar-refractivity contribution in [3.8, 4) is 0 Å². The SMILES string of the molecule is C[SiH](C)CC(C(F)(F)F)C(F)(F)F. The van der Waals surface area contributed by atoms with E-state index >= 15 is 0 Å². The van der Waals surface area contributed by atoms with Gasteiger partial charge in [0.15, 0.2) is 0 Å². The molecule has 0 spiro atoms. The van der Waals surface area contributed by atoms with Crippen LogP contribution in [0.4, 0.5) is 26.3 Å². The molecular weight excluding hydrogens is 214 g/mol. The van der Waals surface area contributed by atoms with Crippen LogP contribution in [0.2, 0.25) is 19.1 Å². The van der Waals surface area contributed by atoms with E-state index in [0.717, 1.165) is 0 Å². The van der Waals surface area contributed by atoms with Crippen molar-refractivity contribution in [2.45, 2.75) is 31.5 Å². The van der Waals surface area contributed by atoms with Crippen molar-refractivity contribution in [3.63, 3.8) is 0 Å². The molecule has 13 heavy (non-hydrogen) atoms. The van der Waals surface area contributed by atoms with Gasteiger partial charge in [0.2, 0.25) is 0 Å². The highest BCUT2D eigenvalue weighted by Gasteiger charge is 2.56. The molecule has 0 rings (SSSR count). The molecule has 0 N–H and O–H groups in total. The molecular formula is C6H10F6Si. The summed E-state index contributed by atoms with van der Waals surface area (Å²) in [7, 11) is -1.87. The molecule has 0 bridgehead atoms. The first-order valence-corrected chi connectivity index (χ1v) is 6.81. The fraction of sp³-hybridized carbons (Fsp3) is 1.00. The predicted molar refractivity (Wildman–Crippen MR) is 39.3 cm³/mol. The topological polar surface area (TPSA) is 0 Å². The van der Waals surface area contributed by atoms with Crippen LogP contribution >= 0.6 is 0 Å². The van der Waals surface area contributed by atoms with Gasteiger partial charge in [-0.3, -0.25) is 0 Å². The van der Waals surface area contributed by atoms with Gasteiger partial charge in [-0.2, -0.15) is 26.3 Å². The lowest BCUT2D eigenvalue weighted by molar-refractivity contribution is -0.277. The second-order valence-corrected chi connectivity index (χ2v) is 6.52. The Labute approximate surface area is 73.5 Å². The average Bonchev–Trinajstić information content (AvgIpc) is 1.77. The van der Waals surface area contributed by atoms with E-state index in [-0.39, 0.29) is 0 Å². The second-order valence-electron chi connectivity index (χ2n) is 3.27. The van der Waals surface area contributed by atoms with Gasteiger partial charge in [-0.05, 0) is 6.04 Å². The van der Waals surface area contributed by atoms with Gasteiger partial charge >= 0.3 is 12.4 Å². The van der Waals surface area contributed by atoms with Crippen molar-refractivity contribution in [2.24, 2.45) is 5.92 Å². The summed E-state index contributed by atoms with van der Waals surface area (Å²) in [6, 6.07) is -0.771. The molecule has 0 heterocycles. The molecule has 0 nitrogen and oxygen atoms in total. The number of hydrogen-bond acceptors (Lipinski definition) is 0. The Morgan fingerprint density at radius 2 is 1.23 bits per heavy atom. The van der Waals surface area contributed by atoms with Gasteiger partial charge in [-0.15, -0.1) is 0 Å². The lowest BCUT2D eigenvalue weighted by Crippen LogP contribution is -2.38. The highest BCUT2D eigenvalue weighted by atomic mass is 28.3. The first-order chi connectivity index (χ1) is 5.55. The van der Waals surface area contributed by atoms with Crippen molar-refractivity contribution in [1.82, 2.24) is 0 Å². The van der Waals surface area contributed by atoms with E-state index in [4.69, 9.17) is 0 Å². The van der Waals surface area contributed by atoms with Gasteiger partial charge in [0.1, 0.15) is 5.92 Å². The summed E-state index contributed by atoms with van der Waals surface area (Å²) in [6.45, 7) is 2.93. The Hall–Kier alpha value is -0.203. The third-order valence-corrected chi connectivity index (χ3v) is 2.91. The molecule has 0 aliphatic rings. The molecule has 0 aromatic heterocycles. The monoisotopic (exact) mass is 224 g/mol. The highest BCUT2D eigenvalue weighted by molar-refractivity contribution is 6.55. The minimum Gasteiger partial charge on any atom is -0.170 e. The third-order valence-electron chi connectivity index (χ3n) is 1.50. The number of halogens is 6. The molecule has 0 unspecified atom stereocenters. The van der Waals surface area contributed by atoms with Gasteiger partial charge in [-0.25, -0.2) is 0 Å². The number of hydrogen-bond donors (Lipinski definition) is 0. The maximum Gasteiger partial charge on any atom is 0.400 e. The predicted octanol–water partition coefficient (Wildman–Crippen LogP) is 3.21. The van der Waals surface area contributed by atoms with Gasteiger partial charge in [0, 0.05) is 8.80 Å². The van der Waals surface area contributed by atoms with Crippen LogP contribution in [0.3, 0.4) is 0 Å². The number of alkyl halides is 6. The van der Waals surface area contributed by atoms with Crippen LogP contribution in [0.1, 0.15) is 0 Å². The summed E-state index contributed by atoms with van der Waals surface area (Å²) in [4.78, 5) is 0. The van der Waals surface area contributed by atoms with Crippen molar-refractivity contribution in [2.75, 3.05) is 0 Å². The molecule has 0 amide bonds. The Morgan fingerprint density at radius 1 is 0.923 bits per heavy atom. The molecule has 0 aromatic carbocycles. The van der Waals surface area contributed by atoms with E-state index in [0.29, 0.717) is 0 Å². The van der Waals surface area contributed by atoms with Crippen LogP contribution in [0.25, 0.3) is 0 Å². The maximum absolute atomic E-state index is 11.9. The quantitative estimate of drug-likeness (QED) is 0.499. The summed E-state index contributed by atoms with van der Waals surface area (Å²) in [6.07, 6.45) is -10.3. The second kappa shape index (κ2) is 3.89. The fourth-order valence-electron chi connectivity index (χ4n) is 0.924. The molecule has 0 atom stereocenters. The Morgan fingerprint density at radius 3 is 1.31 bits per heavy atom. The zero-order valence-corrected chi connectivity index (χ0v) is 8.28. The van der Waals surface area contributed by atoms with Crippen LogP contribution in [0.15, 0.2) is 0 Å². The average molecular weight is 224 g/mol. The molecule has 7 heteroatoms. The molecule has 0 radical (unpaired) electrons. The standard InChI is InChI=1S/C6H10F6Si/c1-13(2)3-4(5(7,8)9)6(10,11)12/h4,13H,3H2,1-2H3.